The summed E-state index contributed by atoms with van der Waals surface area (Å²) >= 11 is 0. The lowest BCUT2D eigenvalue weighted by molar-refractivity contribution is 0.171. The Morgan fingerprint density at radius 1 is 1.06 bits per heavy atom. The molecule has 9 heteroatoms. The van der Waals surface area contributed by atoms with Gasteiger partial charge in [-0.05, 0) is 72.0 Å². The molecular weight excluding hydrogens is 454 g/mol. The quantitative estimate of drug-likeness (QED) is 0.428. The minimum absolute atomic E-state index is 0.116. The van der Waals surface area contributed by atoms with Crippen LogP contribution in [0, 0.1) is 20.8 Å². The standard InChI is InChI=1S/C27H33N7O2/c1-18-8-9-23-21(16-18)17-22(27(35)28-23)25(26-29-30-31-34(26)14-15-36-4)33-12-10-32(11-13-33)24-7-5-6-19(2)20(24)3/h5-9,16-17,25H,10-15H2,1-4H3,(H,28,35)/t25-/m1/s1. The topological polar surface area (TPSA) is 92.2 Å². The van der Waals surface area contributed by atoms with Crippen LogP contribution in [-0.2, 0) is 11.3 Å². The molecule has 2 aromatic carbocycles. The number of benzene rings is 2. The predicted octanol–water partition coefficient (Wildman–Crippen LogP) is 3.00. The third-order valence-electron chi connectivity index (χ3n) is 7.23. The number of hydrogen-bond donors (Lipinski definition) is 1. The SMILES string of the molecule is COCCn1nnnc1[C@@H](c1cc2cc(C)ccc2[nH]c1=O)N1CCN(c2cccc(C)c2C)CC1. The first kappa shape index (κ1) is 24.1. The average Bonchev–Trinajstić information content (AvgIpc) is 3.33. The highest BCUT2D eigenvalue weighted by Gasteiger charge is 2.33. The number of H-pyrrole nitrogens is 1. The van der Waals surface area contributed by atoms with E-state index in [1.807, 2.05) is 18.2 Å². The van der Waals surface area contributed by atoms with E-state index < -0.39 is 0 Å². The van der Waals surface area contributed by atoms with Gasteiger partial charge >= 0.3 is 0 Å². The lowest BCUT2D eigenvalue weighted by Crippen LogP contribution is -2.49. The molecule has 9 nitrogen and oxygen atoms in total. The van der Waals surface area contributed by atoms with Gasteiger partial charge in [0, 0.05) is 50.1 Å². The molecule has 2 aromatic heterocycles. The summed E-state index contributed by atoms with van der Waals surface area (Å²) in [5, 5.41) is 13.6. The van der Waals surface area contributed by atoms with Crippen LogP contribution in [0.25, 0.3) is 10.9 Å². The fourth-order valence-corrected chi connectivity index (χ4v) is 5.09. The van der Waals surface area contributed by atoms with Gasteiger partial charge in [0.2, 0.25) is 0 Å². The van der Waals surface area contributed by atoms with Gasteiger partial charge in [-0.15, -0.1) is 5.10 Å². The summed E-state index contributed by atoms with van der Waals surface area (Å²) in [6.07, 6.45) is 0. The van der Waals surface area contributed by atoms with E-state index in [1.54, 1.807) is 11.8 Å². The Morgan fingerprint density at radius 2 is 1.86 bits per heavy atom. The number of nitrogens with one attached hydrogen (secondary N) is 1. The fraction of sp³-hybridized carbons (Fsp3) is 0.407. The molecule has 0 bridgehead atoms. The number of piperazine rings is 1. The number of fused-ring (bicyclic) bond motifs is 1. The van der Waals surface area contributed by atoms with Crippen molar-refractivity contribution >= 4 is 16.6 Å². The smallest absolute Gasteiger partial charge is 0.253 e. The molecule has 0 amide bonds. The van der Waals surface area contributed by atoms with Crippen molar-refractivity contribution in [2.75, 3.05) is 44.8 Å². The van der Waals surface area contributed by atoms with Crippen LogP contribution in [0.1, 0.15) is 34.1 Å². The summed E-state index contributed by atoms with van der Waals surface area (Å²) in [5.74, 6) is 0.657. The number of nitrogens with zero attached hydrogens (tertiary/aromatic N) is 6. The van der Waals surface area contributed by atoms with Crippen molar-refractivity contribution in [1.29, 1.82) is 0 Å². The number of rotatable bonds is 7. The van der Waals surface area contributed by atoms with E-state index in [2.05, 4.69) is 75.3 Å². The maximum atomic E-state index is 13.4. The van der Waals surface area contributed by atoms with E-state index in [0.717, 1.165) is 42.6 Å². The highest BCUT2D eigenvalue weighted by Crippen LogP contribution is 2.30. The van der Waals surface area contributed by atoms with Gasteiger partial charge in [0.1, 0.15) is 6.04 Å². The van der Waals surface area contributed by atoms with Gasteiger partial charge < -0.3 is 14.6 Å². The largest absolute Gasteiger partial charge is 0.383 e. The lowest BCUT2D eigenvalue weighted by Gasteiger charge is -2.40. The number of anilines is 1. The number of ether oxygens (including phenoxy) is 1. The van der Waals surface area contributed by atoms with Crippen molar-refractivity contribution in [2.24, 2.45) is 0 Å². The van der Waals surface area contributed by atoms with Crippen LogP contribution in [0.5, 0.6) is 0 Å². The Labute approximate surface area is 210 Å². The highest BCUT2D eigenvalue weighted by molar-refractivity contribution is 5.79. The van der Waals surface area contributed by atoms with E-state index in [-0.39, 0.29) is 11.6 Å². The molecule has 36 heavy (non-hydrogen) atoms. The molecule has 188 valence electrons. The van der Waals surface area contributed by atoms with Gasteiger partial charge in [-0.2, -0.15) is 0 Å². The Bertz CT molecular complexity index is 1420. The normalized spacial score (nSPS) is 15.5. The fourth-order valence-electron chi connectivity index (χ4n) is 5.09. The van der Waals surface area contributed by atoms with E-state index >= 15 is 0 Å². The van der Waals surface area contributed by atoms with Crippen LogP contribution in [0.15, 0.2) is 47.3 Å². The summed E-state index contributed by atoms with van der Waals surface area (Å²) in [6.45, 7) is 10.6. The van der Waals surface area contributed by atoms with E-state index in [9.17, 15) is 4.79 Å². The third-order valence-corrected chi connectivity index (χ3v) is 7.23. The number of methoxy groups -OCH3 is 1. The molecule has 0 aliphatic carbocycles. The molecule has 0 spiro atoms. The summed E-state index contributed by atoms with van der Waals surface area (Å²) in [5.41, 5.74) is 6.39. The minimum atomic E-state index is -0.369. The molecule has 3 heterocycles. The van der Waals surface area contributed by atoms with Crippen LogP contribution in [-0.4, -0.2) is 70.0 Å². The summed E-state index contributed by atoms with van der Waals surface area (Å²) in [4.78, 5) is 21.2. The number of aryl methyl sites for hydroxylation is 2. The second kappa shape index (κ2) is 10.2. The predicted molar refractivity (Wildman–Crippen MR) is 141 cm³/mol. The zero-order valence-corrected chi connectivity index (χ0v) is 21.4. The monoisotopic (exact) mass is 487 g/mol. The molecular formula is C27H33N7O2. The Morgan fingerprint density at radius 3 is 2.64 bits per heavy atom. The zero-order valence-electron chi connectivity index (χ0n) is 21.4. The average molecular weight is 488 g/mol. The van der Waals surface area contributed by atoms with E-state index in [4.69, 9.17) is 4.74 Å². The van der Waals surface area contributed by atoms with Crippen LogP contribution in [0.4, 0.5) is 5.69 Å². The minimum Gasteiger partial charge on any atom is -0.383 e. The van der Waals surface area contributed by atoms with Gasteiger partial charge in [-0.1, -0.05) is 23.8 Å². The maximum absolute atomic E-state index is 13.4. The Balaban J connectivity index is 1.52. The van der Waals surface area contributed by atoms with Crippen LogP contribution in [0.3, 0.4) is 0 Å². The number of aromatic nitrogens is 5. The zero-order chi connectivity index (χ0) is 25.2. The molecule has 0 saturated carbocycles. The molecule has 4 aromatic rings. The number of tetrazole rings is 1. The van der Waals surface area contributed by atoms with Crippen molar-refractivity contribution < 1.29 is 4.74 Å². The van der Waals surface area contributed by atoms with Gasteiger partial charge in [-0.3, -0.25) is 9.69 Å². The van der Waals surface area contributed by atoms with E-state index in [1.165, 1.54) is 16.8 Å². The Hall–Kier alpha value is -3.56. The molecule has 1 aliphatic rings. The number of pyridine rings is 1. The molecule has 1 atom stereocenters. The number of hydrogen-bond acceptors (Lipinski definition) is 7. The van der Waals surface area contributed by atoms with Crippen molar-refractivity contribution in [3.05, 3.63) is 80.9 Å². The first-order valence-electron chi connectivity index (χ1n) is 12.4. The molecule has 1 aliphatic heterocycles. The molecule has 1 N–H and O–H groups in total. The summed E-state index contributed by atoms with van der Waals surface area (Å²) < 4.78 is 7.03. The van der Waals surface area contributed by atoms with Gasteiger partial charge in [-0.25, -0.2) is 4.68 Å². The van der Waals surface area contributed by atoms with Crippen molar-refractivity contribution in [3.8, 4) is 0 Å². The summed E-state index contributed by atoms with van der Waals surface area (Å²) in [6, 6.07) is 14.1. The third kappa shape index (κ3) is 4.64. The first-order valence-corrected chi connectivity index (χ1v) is 12.4. The molecule has 5 rings (SSSR count). The van der Waals surface area contributed by atoms with Crippen molar-refractivity contribution in [2.45, 2.75) is 33.4 Å². The molecule has 1 fully saturated rings. The first-order chi connectivity index (χ1) is 17.5. The van der Waals surface area contributed by atoms with Crippen LogP contribution in [0.2, 0.25) is 0 Å². The highest BCUT2D eigenvalue weighted by atomic mass is 16.5. The molecule has 0 unspecified atom stereocenters. The van der Waals surface area contributed by atoms with Crippen molar-refractivity contribution in [3.63, 3.8) is 0 Å². The van der Waals surface area contributed by atoms with Gasteiger partial charge in [0.05, 0.1) is 13.2 Å². The Kier molecular flexibility index (Phi) is 6.84. The van der Waals surface area contributed by atoms with Gasteiger partial charge in [0.15, 0.2) is 5.82 Å². The van der Waals surface area contributed by atoms with E-state index in [0.29, 0.717) is 24.5 Å². The molecule has 1 saturated heterocycles. The van der Waals surface area contributed by atoms with Crippen molar-refractivity contribution in [1.82, 2.24) is 30.1 Å². The summed E-state index contributed by atoms with van der Waals surface area (Å²) in [7, 11) is 1.66. The second-order valence-electron chi connectivity index (χ2n) is 9.54. The van der Waals surface area contributed by atoms with Crippen LogP contribution >= 0.6 is 0 Å². The van der Waals surface area contributed by atoms with Crippen LogP contribution < -0.4 is 10.5 Å². The molecule has 0 radical (unpaired) electrons. The maximum Gasteiger partial charge on any atom is 0.253 e. The van der Waals surface area contributed by atoms with Gasteiger partial charge in [0.25, 0.3) is 5.56 Å². The second-order valence-corrected chi connectivity index (χ2v) is 9.54. The lowest BCUT2D eigenvalue weighted by atomic mass is 10.0. The number of aromatic amines is 1.